The van der Waals surface area contributed by atoms with Gasteiger partial charge in [0.2, 0.25) is 0 Å². The van der Waals surface area contributed by atoms with Gasteiger partial charge in [0.1, 0.15) is 0 Å². The van der Waals surface area contributed by atoms with E-state index in [1.807, 2.05) is 14.1 Å². The Hall–Kier alpha value is -0.160. The highest BCUT2D eigenvalue weighted by molar-refractivity contribution is 4.65. The second kappa shape index (κ2) is 7.17. The van der Waals surface area contributed by atoms with E-state index in [1.54, 1.807) is 13.8 Å². The number of aliphatic hydroxyl groups is 2. The van der Waals surface area contributed by atoms with Gasteiger partial charge in [0.25, 0.3) is 0 Å². The van der Waals surface area contributed by atoms with Crippen LogP contribution in [-0.4, -0.2) is 72.5 Å². The van der Waals surface area contributed by atoms with Gasteiger partial charge in [-0.25, -0.2) is 0 Å². The number of rotatable bonds is 7. The normalized spacial score (nSPS) is 16.3. The van der Waals surface area contributed by atoms with Crippen molar-refractivity contribution in [3.63, 3.8) is 0 Å². The summed E-state index contributed by atoms with van der Waals surface area (Å²) in [6, 6.07) is 0. The van der Waals surface area contributed by atoms with Gasteiger partial charge in [-0.3, -0.25) is 4.90 Å². The van der Waals surface area contributed by atoms with Crippen LogP contribution in [0, 0.1) is 0 Å². The van der Waals surface area contributed by atoms with Crippen LogP contribution in [0.3, 0.4) is 0 Å². The predicted molar refractivity (Wildman–Crippen MR) is 58.4 cm³/mol. The highest BCUT2D eigenvalue weighted by Gasteiger charge is 2.10. The van der Waals surface area contributed by atoms with Crippen molar-refractivity contribution in [1.82, 2.24) is 9.80 Å². The molecule has 0 saturated carbocycles. The van der Waals surface area contributed by atoms with Crippen LogP contribution in [0.4, 0.5) is 0 Å². The van der Waals surface area contributed by atoms with Crippen molar-refractivity contribution >= 4 is 0 Å². The summed E-state index contributed by atoms with van der Waals surface area (Å²) in [6.07, 6.45) is -0.674. The lowest BCUT2D eigenvalue weighted by atomic mass is 10.3. The molecule has 0 aliphatic heterocycles. The summed E-state index contributed by atoms with van der Waals surface area (Å²) >= 11 is 0. The number of hydrogen-bond donors (Lipinski definition) is 2. The van der Waals surface area contributed by atoms with Gasteiger partial charge in [-0.2, -0.15) is 0 Å². The fraction of sp³-hybridized carbons (Fsp3) is 1.00. The predicted octanol–water partition coefficient (Wildman–Crippen LogP) is -0.388. The van der Waals surface area contributed by atoms with Crippen LogP contribution in [0.15, 0.2) is 0 Å². The van der Waals surface area contributed by atoms with Crippen molar-refractivity contribution in [3.05, 3.63) is 0 Å². The van der Waals surface area contributed by atoms with Crippen molar-refractivity contribution < 1.29 is 10.2 Å². The molecule has 0 radical (unpaired) electrons. The Bertz CT molecular complexity index is 128. The van der Waals surface area contributed by atoms with Crippen molar-refractivity contribution in [1.29, 1.82) is 0 Å². The van der Waals surface area contributed by atoms with E-state index in [1.165, 1.54) is 0 Å². The number of nitrogens with zero attached hydrogens (tertiary/aromatic N) is 2. The molecule has 0 aliphatic rings. The van der Waals surface area contributed by atoms with E-state index >= 15 is 0 Å². The summed E-state index contributed by atoms with van der Waals surface area (Å²) in [6.45, 7) is 6.61. The Morgan fingerprint density at radius 2 is 1.36 bits per heavy atom. The van der Waals surface area contributed by atoms with Crippen molar-refractivity contribution in [2.75, 3.05) is 40.3 Å². The Balaban J connectivity index is 3.84. The first-order valence-corrected chi connectivity index (χ1v) is 5.15. The molecule has 0 aromatic rings. The van der Waals surface area contributed by atoms with E-state index < -0.39 is 0 Å². The molecule has 0 aromatic carbocycles. The highest BCUT2D eigenvalue weighted by Crippen LogP contribution is 1.95. The standard InChI is InChI=1S/C10H24N2O2/c1-9(13)7-12(8-10(2)14)6-5-11(3)4/h9-10,13-14H,5-8H2,1-4H3. The lowest BCUT2D eigenvalue weighted by molar-refractivity contribution is 0.0796. The third-order valence-electron chi connectivity index (χ3n) is 1.91. The van der Waals surface area contributed by atoms with Gasteiger partial charge in [-0.15, -0.1) is 0 Å². The van der Waals surface area contributed by atoms with E-state index in [-0.39, 0.29) is 12.2 Å². The highest BCUT2D eigenvalue weighted by atomic mass is 16.3. The van der Waals surface area contributed by atoms with E-state index in [0.29, 0.717) is 13.1 Å². The first kappa shape index (κ1) is 13.8. The SMILES string of the molecule is CC(O)CN(CCN(C)C)CC(C)O. The molecule has 0 rings (SSSR count). The quantitative estimate of drug-likeness (QED) is 0.593. The molecule has 0 aliphatic carbocycles. The topological polar surface area (TPSA) is 46.9 Å². The molecule has 0 saturated heterocycles. The molecule has 0 aromatic heterocycles. The zero-order valence-electron chi connectivity index (χ0n) is 9.77. The average Bonchev–Trinajstić information content (AvgIpc) is 1.97. The van der Waals surface area contributed by atoms with Gasteiger partial charge in [-0.1, -0.05) is 0 Å². The molecule has 0 spiro atoms. The summed E-state index contributed by atoms with van der Waals surface area (Å²) in [5, 5.41) is 18.5. The van der Waals surface area contributed by atoms with Crippen LogP contribution in [-0.2, 0) is 0 Å². The third-order valence-corrected chi connectivity index (χ3v) is 1.91. The fourth-order valence-electron chi connectivity index (χ4n) is 1.35. The molecule has 2 N–H and O–H groups in total. The monoisotopic (exact) mass is 204 g/mol. The maximum absolute atomic E-state index is 9.26. The number of hydrogen-bond acceptors (Lipinski definition) is 4. The first-order valence-electron chi connectivity index (χ1n) is 5.15. The Labute approximate surface area is 87.1 Å². The van der Waals surface area contributed by atoms with Crippen LogP contribution < -0.4 is 0 Å². The van der Waals surface area contributed by atoms with Gasteiger partial charge in [0.05, 0.1) is 12.2 Å². The summed E-state index contributed by atoms with van der Waals surface area (Å²) in [4.78, 5) is 4.17. The zero-order valence-corrected chi connectivity index (χ0v) is 9.77. The summed E-state index contributed by atoms with van der Waals surface area (Å²) in [5.74, 6) is 0. The van der Waals surface area contributed by atoms with Crippen LogP contribution >= 0.6 is 0 Å². The van der Waals surface area contributed by atoms with E-state index in [4.69, 9.17) is 0 Å². The Kier molecular flexibility index (Phi) is 7.09. The molecule has 4 nitrogen and oxygen atoms in total. The van der Waals surface area contributed by atoms with Crippen molar-refractivity contribution in [2.24, 2.45) is 0 Å². The Morgan fingerprint density at radius 3 is 1.64 bits per heavy atom. The van der Waals surface area contributed by atoms with Crippen molar-refractivity contribution in [2.45, 2.75) is 26.1 Å². The maximum atomic E-state index is 9.26. The fourth-order valence-corrected chi connectivity index (χ4v) is 1.35. The summed E-state index contributed by atoms with van der Waals surface area (Å²) in [7, 11) is 4.03. The van der Waals surface area contributed by atoms with Crippen LogP contribution in [0.2, 0.25) is 0 Å². The second-order valence-electron chi connectivity index (χ2n) is 4.26. The van der Waals surface area contributed by atoms with Gasteiger partial charge in [0, 0.05) is 26.2 Å². The molecule has 86 valence electrons. The lowest BCUT2D eigenvalue weighted by Crippen LogP contribution is -2.40. The molecule has 2 atom stereocenters. The maximum Gasteiger partial charge on any atom is 0.0639 e. The average molecular weight is 204 g/mol. The smallest absolute Gasteiger partial charge is 0.0639 e. The first-order chi connectivity index (χ1) is 6.41. The minimum Gasteiger partial charge on any atom is -0.392 e. The van der Waals surface area contributed by atoms with Gasteiger partial charge < -0.3 is 15.1 Å². The van der Waals surface area contributed by atoms with Gasteiger partial charge in [0.15, 0.2) is 0 Å². The molecule has 2 unspecified atom stereocenters. The second-order valence-corrected chi connectivity index (χ2v) is 4.26. The molecule has 4 heteroatoms. The summed E-state index contributed by atoms with van der Waals surface area (Å²) in [5.41, 5.74) is 0. The molecule has 0 fully saturated rings. The van der Waals surface area contributed by atoms with E-state index in [2.05, 4.69) is 9.80 Å². The molecular formula is C10H24N2O2. The number of likely N-dealkylation sites (N-methyl/N-ethyl adjacent to an activating group) is 1. The minimum absolute atomic E-state index is 0.337. The van der Waals surface area contributed by atoms with E-state index in [0.717, 1.165) is 13.1 Å². The molecule has 0 heterocycles. The van der Waals surface area contributed by atoms with Crippen LogP contribution in [0.5, 0.6) is 0 Å². The van der Waals surface area contributed by atoms with E-state index in [9.17, 15) is 10.2 Å². The molecular weight excluding hydrogens is 180 g/mol. The molecule has 0 bridgehead atoms. The van der Waals surface area contributed by atoms with Gasteiger partial charge >= 0.3 is 0 Å². The van der Waals surface area contributed by atoms with Crippen LogP contribution in [0.1, 0.15) is 13.8 Å². The molecule has 14 heavy (non-hydrogen) atoms. The zero-order chi connectivity index (χ0) is 11.1. The number of aliphatic hydroxyl groups excluding tert-OH is 2. The Morgan fingerprint density at radius 1 is 0.929 bits per heavy atom. The molecule has 0 amide bonds. The lowest BCUT2D eigenvalue weighted by Gasteiger charge is -2.26. The minimum atomic E-state index is -0.337. The van der Waals surface area contributed by atoms with Crippen molar-refractivity contribution in [3.8, 4) is 0 Å². The van der Waals surface area contributed by atoms with Gasteiger partial charge in [-0.05, 0) is 27.9 Å². The van der Waals surface area contributed by atoms with Crippen LogP contribution in [0.25, 0.3) is 0 Å². The largest absolute Gasteiger partial charge is 0.392 e. The third kappa shape index (κ3) is 8.44. The summed E-state index contributed by atoms with van der Waals surface area (Å²) < 4.78 is 0.